The van der Waals surface area contributed by atoms with Crippen molar-refractivity contribution >= 4 is 39.1 Å². The molecule has 0 fully saturated rings. The molecule has 0 aliphatic carbocycles. The average Bonchev–Trinajstić information content (AvgIpc) is 2.96. The molecule has 0 aliphatic heterocycles. The highest BCUT2D eigenvalue weighted by Gasteiger charge is 2.34. The molecule has 0 aliphatic rings. The van der Waals surface area contributed by atoms with Crippen LogP contribution in [-0.4, -0.2) is 50.9 Å². The summed E-state index contributed by atoms with van der Waals surface area (Å²) < 4.78 is 34.0. The van der Waals surface area contributed by atoms with E-state index in [9.17, 15) is 18.0 Å². The number of rotatable bonds is 13. The summed E-state index contributed by atoms with van der Waals surface area (Å²) in [7, 11) is -2.64. The van der Waals surface area contributed by atoms with Crippen LogP contribution in [0.15, 0.2) is 83.8 Å². The number of carbonyl (C=O) groups excluding carboxylic acids is 2. The van der Waals surface area contributed by atoms with Crippen LogP contribution in [0.1, 0.15) is 39.2 Å². The number of sulfonamides is 1. The van der Waals surface area contributed by atoms with Crippen molar-refractivity contribution in [3.8, 4) is 5.75 Å². The van der Waals surface area contributed by atoms with Gasteiger partial charge in [-0.05, 0) is 61.7 Å². The summed E-state index contributed by atoms with van der Waals surface area (Å²) in [6.07, 6.45) is 1.05. The van der Waals surface area contributed by atoms with Gasteiger partial charge in [0.1, 0.15) is 18.3 Å². The van der Waals surface area contributed by atoms with Gasteiger partial charge in [0.05, 0.1) is 22.7 Å². The molecule has 3 rings (SSSR count). The number of para-hydroxylation sites is 1. The first-order chi connectivity index (χ1) is 19.1. The Hall–Kier alpha value is -3.56. The minimum absolute atomic E-state index is 0.0172. The van der Waals surface area contributed by atoms with Gasteiger partial charge in [-0.25, -0.2) is 8.42 Å². The molecule has 3 aromatic carbocycles. The molecule has 1 N–H and O–H groups in total. The molecule has 0 saturated heterocycles. The number of halogens is 1. The summed E-state index contributed by atoms with van der Waals surface area (Å²) >= 11 is 6.44. The SMILES string of the molecule is CC[C@H](C(=O)N[C@@H](C)CC)N(Cc1cccc(OC)c1)C(=O)CN(c1ccccc1Cl)S(=O)(=O)c1ccccc1. The lowest BCUT2D eigenvalue weighted by atomic mass is 10.1. The Balaban J connectivity index is 2.07. The number of methoxy groups -OCH3 is 1. The van der Waals surface area contributed by atoms with Crippen LogP contribution >= 0.6 is 11.6 Å². The van der Waals surface area contributed by atoms with Gasteiger partial charge in [0, 0.05) is 12.6 Å². The molecular formula is C30H36ClN3O5S. The Labute approximate surface area is 241 Å². The molecule has 2 atom stereocenters. The maximum atomic E-state index is 14.1. The maximum Gasteiger partial charge on any atom is 0.264 e. The van der Waals surface area contributed by atoms with E-state index < -0.39 is 28.5 Å². The molecule has 0 unspecified atom stereocenters. The number of nitrogens with one attached hydrogen (secondary N) is 1. The zero-order valence-electron chi connectivity index (χ0n) is 23.2. The first kappa shape index (κ1) is 31.0. The zero-order valence-corrected chi connectivity index (χ0v) is 24.8. The van der Waals surface area contributed by atoms with E-state index in [1.807, 2.05) is 26.8 Å². The molecule has 3 aromatic rings. The lowest BCUT2D eigenvalue weighted by molar-refractivity contribution is -0.140. The van der Waals surface area contributed by atoms with Crippen molar-refractivity contribution in [1.29, 1.82) is 0 Å². The van der Waals surface area contributed by atoms with E-state index in [1.54, 1.807) is 67.8 Å². The number of benzene rings is 3. The number of hydrogen-bond donors (Lipinski definition) is 1. The van der Waals surface area contributed by atoms with E-state index in [0.29, 0.717) is 12.2 Å². The molecule has 0 bridgehead atoms. The van der Waals surface area contributed by atoms with Gasteiger partial charge in [0.2, 0.25) is 11.8 Å². The van der Waals surface area contributed by atoms with Crippen molar-refractivity contribution < 1.29 is 22.7 Å². The van der Waals surface area contributed by atoms with E-state index in [1.165, 1.54) is 17.0 Å². The number of anilines is 1. The molecule has 2 amide bonds. The molecule has 40 heavy (non-hydrogen) atoms. The summed E-state index contributed by atoms with van der Waals surface area (Å²) in [6, 6.07) is 20.6. The summed E-state index contributed by atoms with van der Waals surface area (Å²) in [5, 5.41) is 3.14. The molecule has 214 valence electrons. The number of ether oxygens (including phenoxy) is 1. The summed E-state index contributed by atoms with van der Waals surface area (Å²) in [4.78, 5) is 28.9. The molecule has 0 spiro atoms. The minimum Gasteiger partial charge on any atom is -0.497 e. The summed E-state index contributed by atoms with van der Waals surface area (Å²) in [5.74, 6) is -0.247. The minimum atomic E-state index is -4.18. The fourth-order valence-electron chi connectivity index (χ4n) is 4.22. The van der Waals surface area contributed by atoms with Crippen molar-refractivity contribution in [2.45, 2.75) is 57.1 Å². The second-order valence-corrected chi connectivity index (χ2v) is 11.7. The van der Waals surface area contributed by atoms with Gasteiger partial charge in [-0.15, -0.1) is 0 Å². The number of nitrogens with zero attached hydrogens (tertiary/aromatic N) is 2. The van der Waals surface area contributed by atoms with Crippen molar-refractivity contribution in [2.24, 2.45) is 0 Å². The number of hydrogen-bond acceptors (Lipinski definition) is 5. The molecule has 0 heterocycles. The third kappa shape index (κ3) is 7.55. The third-order valence-corrected chi connectivity index (χ3v) is 8.70. The second kappa shape index (κ2) is 14.2. The smallest absolute Gasteiger partial charge is 0.264 e. The Morgan fingerprint density at radius 3 is 2.25 bits per heavy atom. The average molecular weight is 586 g/mol. The van der Waals surface area contributed by atoms with Gasteiger partial charge in [0.15, 0.2) is 0 Å². The van der Waals surface area contributed by atoms with Crippen molar-refractivity contribution in [3.05, 3.63) is 89.4 Å². The van der Waals surface area contributed by atoms with E-state index in [0.717, 1.165) is 16.3 Å². The van der Waals surface area contributed by atoms with Crippen molar-refractivity contribution in [3.63, 3.8) is 0 Å². The van der Waals surface area contributed by atoms with Gasteiger partial charge in [0.25, 0.3) is 10.0 Å². The largest absolute Gasteiger partial charge is 0.497 e. The quantitative estimate of drug-likeness (QED) is 0.295. The Kier molecular flexibility index (Phi) is 11.0. The van der Waals surface area contributed by atoms with E-state index in [-0.39, 0.29) is 34.1 Å². The molecular weight excluding hydrogens is 550 g/mol. The Bertz CT molecular complexity index is 1400. The number of carbonyl (C=O) groups is 2. The highest BCUT2D eigenvalue weighted by Crippen LogP contribution is 2.31. The van der Waals surface area contributed by atoms with E-state index >= 15 is 0 Å². The standard InChI is InChI=1S/C30H36ClN3O5S/c1-5-22(3)32-30(36)27(6-2)33(20-23-13-12-14-24(19-23)39-4)29(35)21-34(28-18-11-10-17-26(28)31)40(37,38)25-15-8-7-9-16-25/h7-19,22,27H,5-6,20-21H2,1-4H3,(H,32,36)/t22-,27+/m0/s1. The molecule has 8 nitrogen and oxygen atoms in total. The van der Waals surface area contributed by atoms with E-state index in [2.05, 4.69) is 5.32 Å². The van der Waals surface area contributed by atoms with Crippen LogP contribution in [0.3, 0.4) is 0 Å². The van der Waals surface area contributed by atoms with Crippen LogP contribution in [0, 0.1) is 0 Å². The van der Waals surface area contributed by atoms with Gasteiger partial charge >= 0.3 is 0 Å². The van der Waals surface area contributed by atoms with Crippen LogP contribution in [0.4, 0.5) is 5.69 Å². The van der Waals surface area contributed by atoms with Crippen LogP contribution in [-0.2, 0) is 26.2 Å². The monoisotopic (exact) mass is 585 g/mol. The van der Waals surface area contributed by atoms with E-state index in [4.69, 9.17) is 16.3 Å². The topological polar surface area (TPSA) is 96.0 Å². The highest BCUT2D eigenvalue weighted by atomic mass is 35.5. The molecule has 10 heteroatoms. The van der Waals surface area contributed by atoms with Gasteiger partial charge in [-0.3, -0.25) is 13.9 Å². The predicted molar refractivity (Wildman–Crippen MR) is 158 cm³/mol. The maximum absolute atomic E-state index is 14.1. The van der Waals surface area contributed by atoms with Crippen LogP contribution < -0.4 is 14.4 Å². The Morgan fingerprint density at radius 2 is 1.62 bits per heavy atom. The lowest BCUT2D eigenvalue weighted by Gasteiger charge is -2.34. The Morgan fingerprint density at radius 1 is 0.950 bits per heavy atom. The molecule has 0 radical (unpaired) electrons. The lowest BCUT2D eigenvalue weighted by Crippen LogP contribution is -2.53. The predicted octanol–water partition coefficient (Wildman–Crippen LogP) is 5.27. The van der Waals surface area contributed by atoms with Crippen molar-refractivity contribution in [1.82, 2.24) is 10.2 Å². The third-order valence-electron chi connectivity index (χ3n) is 6.61. The summed E-state index contributed by atoms with van der Waals surface area (Å²) in [6.45, 7) is 5.19. The van der Waals surface area contributed by atoms with Gasteiger partial charge < -0.3 is 15.0 Å². The number of amides is 2. The fraction of sp³-hybridized carbons (Fsp3) is 0.333. The van der Waals surface area contributed by atoms with Gasteiger partial charge in [-0.1, -0.05) is 67.9 Å². The van der Waals surface area contributed by atoms with Crippen molar-refractivity contribution in [2.75, 3.05) is 18.0 Å². The molecule has 0 saturated carbocycles. The first-order valence-electron chi connectivity index (χ1n) is 13.2. The summed E-state index contributed by atoms with van der Waals surface area (Å²) in [5.41, 5.74) is 0.900. The van der Waals surface area contributed by atoms with Crippen LogP contribution in [0.25, 0.3) is 0 Å². The fourth-order valence-corrected chi connectivity index (χ4v) is 5.96. The normalized spacial score (nSPS) is 12.7. The highest BCUT2D eigenvalue weighted by molar-refractivity contribution is 7.92. The van der Waals surface area contributed by atoms with Crippen LogP contribution in [0.2, 0.25) is 5.02 Å². The van der Waals surface area contributed by atoms with Gasteiger partial charge in [-0.2, -0.15) is 0 Å². The van der Waals surface area contributed by atoms with Crippen LogP contribution in [0.5, 0.6) is 5.75 Å². The zero-order chi connectivity index (χ0) is 29.3. The molecule has 0 aromatic heterocycles. The first-order valence-corrected chi connectivity index (χ1v) is 15.0. The second-order valence-electron chi connectivity index (χ2n) is 9.39.